The Morgan fingerprint density at radius 3 is 2.64 bits per heavy atom. The lowest BCUT2D eigenvalue weighted by molar-refractivity contribution is -0.145. The minimum absolute atomic E-state index is 0.0880. The van der Waals surface area contributed by atoms with Crippen molar-refractivity contribution in [2.45, 2.75) is 31.8 Å². The van der Waals surface area contributed by atoms with Crippen molar-refractivity contribution in [1.29, 1.82) is 0 Å². The molecule has 0 bridgehead atoms. The smallest absolute Gasteiger partial charge is 0.309 e. The van der Waals surface area contributed by atoms with Gasteiger partial charge in [-0.25, -0.2) is 0 Å². The topological polar surface area (TPSA) is 76.1 Å². The number of carboxylic acid groups (broad SMARTS) is 1. The Labute approximate surface area is 147 Å². The number of rotatable bonds is 5. The van der Waals surface area contributed by atoms with Gasteiger partial charge in [-0.1, -0.05) is 18.2 Å². The maximum atomic E-state index is 12.6. The van der Waals surface area contributed by atoms with E-state index in [1.807, 2.05) is 29.2 Å². The van der Waals surface area contributed by atoms with Gasteiger partial charge in [0.2, 0.25) is 5.91 Å². The van der Waals surface area contributed by atoms with E-state index in [-0.39, 0.29) is 17.9 Å². The lowest BCUT2D eigenvalue weighted by Crippen LogP contribution is -2.43. The van der Waals surface area contributed by atoms with Crippen LogP contribution in [0.1, 0.15) is 24.8 Å². The molecule has 0 radical (unpaired) electrons. The number of para-hydroxylation sites is 1. The van der Waals surface area contributed by atoms with Gasteiger partial charge >= 0.3 is 5.97 Å². The molecule has 2 saturated heterocycles. The molecule has 6 nitrogen and oxygen atoms in total. The zero-order valence-electron chi connectivity index (χ0n) is 14.5. The number of aliphatic carboxylic acids is 1. The molecule has 0 saturated carbocycles. The zero-order chi connectivity index (χ0) is 17.8. The van der Waals surface area contributed by atoms with Crippen LogP contribution in [0.3, 0.4) is 0 Å². The van der Waals surface area contributed by atoms with Crippen molar-refractivity contribution in [2.75, 3.05) is 26.8 Å². The number of ether oxygens (including phenoxy) is 2. The fourth-order valence-electron chi connectivity index (χ4n) is 3.94. The summed E-state index contributed by atoms with van der Waals surface area (Å²) in [6.07, 6.45) is 2.31. The van der Waals surface area contributed by atoms with Crippen molar-refractivity contribution < 1.29 is 24.2 Å². The second kappa shape index (κ2) is 7.87. The number of hydrogen-bond donors (Lipinski definition) is 1. The average molecular weight is 347 g/mol. The SMILES string of the molecule is COc1ccccc1CC(=O)N1CCC([C@@H]2OCCC2C(=O)O)CC1. The van der Waals surface area contributed by atoms with Gasteiger partial charge in [0.1, 0.15) is 5.75 Å². The van der Waals surface area contributed by atoms with Crippen LogP contribution in [0.4, 0.5) is 0 Å². The van der Waals surface area contributed by atoms with E-state index in [4.69, 9.17) is 9.47 Å². The summed E-state index contributed by atoms with van der Waals surface area (Å²) in [5.74, 6) is -0.128. The molecule has 2 atom stereocenters. The van der Waals surface area contributed by atoms with Crippen LogP contribution in [0.5, 0.6) is 5.75 Å². The highest BCUT2D eigenvalue weighted by atomic mass is 16.5. The van der Waals surface area contributed by atoms with Crippen LogP contribution < -0.4 is 4.74 Å². The number of nitrogens with zero attached hydrogens (tertiary/aromatic N) is 1. The molecule has 2 fully saturated rings. The third kappa shape index (κ3) is 3.95. The fourth-order valence-corrected chi connectivity index (χ4v) is 3.94. The summed E-state index contributed by atoms with van der Waals surface area (Å²) >= 11 is 0. The molecule has 2 aliphatic rings. The number of likely N-dealkylation sites (tertiary alicyclic amines) is 1. The van der Waals surface area contributed by atoms with E-state index in [9.17, 15) is 14.7 Å². The van der Waals surface area contributed by atoms with E-state index < -0.39 is 11.9 Å². The molecule has 1 unspecified atom stereocenters. The molecule has 1 aromatic rings. The second-order valence-corrected chi connectivity index (χ2v) is 6.78. The average Bonchev–Trinajstić information content (AvgIpc) is 3.12. The normalized spacial score (nSPS) is 24.3. The van der Waals surface area contributed by atoms with E-state index >= 15 is 0 Å². The molecular formula is C19H25NO5. The lowest BCUT2D eigenvalue weighted by atomic mass is 9.84. The maximum Gasteiger partial charge on any atom is 0.309 e. The predicted molar refractivity (Wildman–Crippen MR) is 91.5 cm³/mol. The van der Waals surface area contributed by atoms with Crippen LogP contribution in [-0.2, 0) is 20.7 Å². The van der Waals surface area contributed by atoms with Crippen molar-refractivity contribution in [1.82, 2.24) is 4.90 Å². The van der Waals surface area contributed by atoms with Gasteiger partial charge in [-0.2, -0.15) is 0 Å². The zero-order valence-corrected chi connectivity index (χ0v) is 14.5. The molecule has 2 heterocycles. The first-order chi connectivity index (χ1) is 12.1. The van der Waals surface area contributed by atoms with Crippen molar-refractivity contribution >= 4 is 11.9 Å². The Bertz CT molecular complexity index is 624. The molecule has 25 heavy (non-hydrogen) atoms. The van der Waals surface area contributed by atoms with Gasteiger partial charge in [0.15, 0.2) is 0 Å². The molecular weight excluding hydrogens is 322 g/mol. The predicted octanol–water partition coefficient (Wildman–Crippen LogP) is 1.97. The third-order valence-electron chi connectivity index (χ3n) is 5.34. The van der Waals surface area contributed by atoms with Crippen LogP contribution in [0.2, 0.25) is 0 Å². The molecule has 0 aliphatic carbocycles. The van der Waals surface area contributed by atoms with E-state index in [1.54, 1.807) is 7.11 Å². The van der Waals surface area contributed by atoms with Gasteiger partial charge in [0, 0.05) is 25.3 Å². The molecule has 0 aromatic heterocycles. The van der Waals surface area contributed by atoms with Crippen LogP contribution in [0.25, 0.3) is 0 Å². The molecule has 0 spiro atoms. The monoisotopic (exact) mass is 347 g/mol. The highest BCUT2D eigenvalue weighted by Crippen LogP contribution is 2.33. The van der Waals surface area contributed by atoms with E-state index in [0.717, 1.165) is 24.2 Å². The van der Waals surface area contributed by atoms with Crippen molar-refractivity contribution in [3.05, 3.63) is 29.8 Å². The Hall–Kier alpha value is -2.08. The summed E-state index contributed by atoms with van der Waals surface area (Å²) in [5, 5.41) is 9.31. The van der Waals surface area contributed by atoms with Crippen molar-refractivity contribution in [2.24, 2.45) is 11.8 Å². The molecule has 2 aliphatic heterocycles. The van der Waals surface area contributed by atoms with Crippen LogP contribution in [0, 0.1) is 11.8 Å². The number of carbonyl (C=O) groups is 2. The number of carboxylic acids is 1. The first-order valence-electron chi connectivity index (χ1n) is 8.84. The fraction of sp³-hybridized carbons (Fsp3) is 0.579. The van der Waals surface area contributed by atoms with Crippen molar-refractivity contribution in [3.63, 3.8) is 0 Å². The van der Waals surface area contributed by atoms with Crippen molar-refractivity contribution in [3.8, 4) is 5.75 Å². The molecule has 6 heteroatoms. The highest BCUT2D eigenvalue weighted by Gasteiger charge is 2.40. The van der Waals surface area contributed by atoms with Crippen LogP contribution >= 0.6 is 0 Å². The summed E-state index contributed by atoms with van der Waals surface area (Å²) in [4.78, 5) is 25.8. The van der Waals surface area contributed by atoms with E-state index in [2.05, 4.69) is 0 Å². The van der Waals surface area contributed by atoms with Gasteiger partial charge in [0.25, 0.3) is 0 Å². The number of piperidine rings is 1. The Morgan fingerprint density at radius 1 is 1.24 bits per heavy atom. The first kappa shape index (κ1) is 17.7. The standard InChI is InChI=1S/C19H25NO5/c1-24-16-5-3-2-4-14(16)12-17(21)20-9-6-13(7-10-20)18-15(19(22)23)8-11-25-18/h2-5,13,15,18H,6-12H2,1H3,(H,22,23)/t15?,18-/m0/s1. The summed E-state index contributed by atoms with van der Waals surface area (Å²) in [7, 11) is 1.61. The number of methoxy groups -OCH3 is 1. The molecule has 1 aromatic carbocycles. The lowest BCUT2D eigenvalue weighted by Gasteiger charge is -2.35. The quantitative estimate of drug-likeness (QED) is 0.881. The van der Waals surface area contributed by atoms with E-state index in [1.165, 1.54) is 0 Å². The number of carbonyl (C=O) groups excluding carboxylic acids is 1. The Kier molecular flexibility index (Phi) is 5.58. The second-order valence-electron chi connectivity index (χ2n) is 6.78. The summed E-state index contributed by atoms with van der Waals surface area (Å²) < 4.78 is 11.0. The number of amides is 1. The van der Waals surface area contributed by atoms with Gasteiger partial charge in [-0.3, -0.25) is 9.59 Å². The Balaban J connectivity index is 1.55. The largest absolute Gasteiger partial charge is 0.496 e. The van der Waals surface area contributed by atoms with E-state index in [0.29, 0.717) is 32.5 Å². The summed E-state index contributed by atoms with van der Waals surface area (Å²) in [6, 6.07) is 7.56. The Morgan fingerprint density at radius 2 is 1.96 bits per heavy atom. The molecule has 136 valence electrons. The van der Waals surface area contributed by atoms with Gasteiger partial charge < -0.3 is 19.5 Å². The molecule has 3 rings (SSSR count). The number of hydrogen-bond acceptors (Lipinski definition) is 4. The number of benzene rings is 1. The maximum absolute atomic E-state index is 12.6. The third-order valence-corrected chi connectivity index (χ3v) is 5.34. The van der Waals surface area contributed by atoms with Crippen LogP contribution in [-0.4, -0.2) is 54.8 Å². The van der Waals surface area contributed by atoms with Gasteiger partial charge in [0.05, 0.1) is 25.6 Å². The highest BCUT2D eigenvalue weighted by molar-refractivity contribution is 5.79. The first-order valence-corrected chi connectivity index (χ1v) is 8.84. The minimum Gasteiger partial charge on any atom is -0.496 e. The van der Waals surface area contributed by atoms with Gasteiger partial charge in [-0.15, -0.1) is 0 Å². The minimum atomic E-state index is -0.767. The molecule has 1 N–H and O–H groups in total. The van der Waals surface area contributed by atoms with Gasteiger partial charge in [-0.05, 0) is 31.2 Å². The summed E-state index contributed by atoms with van der Waals surface area (Å²) in [6.45, 7) is 1.84. The van der Waals surface area contributed by atoms with Crippen LogP contribution in [0.15, 0.2) is 24.3 Å². The summed E-state index contributed by atoms with van der Waals surface area (Å²) in [5.41, 5.74) is 0.891. The molecule has 1 amide bonds.